The summed E-state index contributed by atoms with van der Waals surface area (Å²) in [5, 5.41) is 2.48. The minimum Gasteiger partial charge on any atom is -0.489 e. The largest absolute Gasteiger partial charge is 0.489 e. The minimum absolute atomic E-state index is 0.137. The highest BCUT2D eigenvalue weighted by molar-refractivity contribution is 6.02. The van der Waals surface area contributed by atoms with E-state index in [1.807, 2.05) is 0 Å². The third-order valence-electron chi connectivity index (χ3n) is 2.92. The van der Waals surface area contributed by atoms with E-state index in [4.69, 9.17) is 4.74 Å². The van der Waals surface area contributed by atoms with E-state index in [-0.39, 0.29) is 17.5 Å². The number of aromatic nitrogens is 1. The van der Waals surface area contributed by atoms with Gasteiger partial charge < -0.3 is 10.1 Å². The van der Waals surface area contributed by atoms with Crippen LogP contribution < -0.4 is 10.1 Å². The van der Waals surface area contributed by atoms with E-state index in [9.17, 15) is 9.18 Å². The van der Waals surface area contributed by atoms with E-state index in [1.165, 1.54) is 18.3 Å². The molecule has 4 nitrogen and oxygen atoms in total. The lowest BCUT2D eigenvalue weighted by Gasteiger charge is -2.07. The molecule has 102 valence electrons. The summed E-state index contributed by atoms with van der Waals surface area (Å²) in [6.45, 7) is 0. The molecule has 0 aliphatic heterocycles. The molecule has 1 heterocycles. The van der Waals surface area contributed by atoms with Gasteiger partial charge in [-0.2, -0.15) is 0 Å². The maximum absolute atomic E-state index is 13.4. The number of rotatable bonds is 4. The fraction of sp³-hybridized carbons (Fsp3) is 0.200. The molecule has 1 saturated carbocycles. The van der Waals surface area contributed by atoms with Crippen LogP contribution in [0, 0.1) is 5.82 Å². The van der Waals surface area contributed by atoms with Gasteiger partial charge in [0.2, 0.25) is 0 Å². The van der Waals surface area contributed by atoms with Crippen LogP contribution in [0.5, 0.6) is 5.75 Å². The molecule has 20 heavy (non-hydrogen) atoms. The molecule has 0 unspecified atom stereocenters. The molecule has 1 N–H and O–H groups in total. The quantitative estimate of drug-likeness (QED) is 0.930. The number of benzene rings is 1. The second kappa shape index (κ2) is 5.28. The Hall–Kier alpha value is -2.43. The summed E-state index contributed by atoms with van der Waals surface area (Å²) in [5.41, 5.74) is 0.356. The molecule has 0 spiro atoms. The average Bonchev–Trinajstić information content (AvgIpc) is 3.26. The topological polar surface area (TPSA) is 51.2 Å². The average molecular weight is 272 g/mol. The Kier molecular flexibility index (Phi) is 3.33. The van der Waals surface area contributed by atoms with Gasteiger partial charge in [0.15, 0.2) is 0 Å². The molecular weight excluding hydrogens is 259 g/mol. The molecule has 0 bridgehead atoms. The van der Waals surface area contributed by atoms with Crippen LogP contribution >= 0.6 is 0 Å². The zero-order chi connectivity index (χ0) is 13.9. The lowest BCUT2D eigenvalue weighted by atomic mass is 10.3. The Balaban J connectivity index is 1.68. The van der Waals surface area contributed by atoms with Crippen LogP contribution in [0.2, 0.25) is 0 Å². The first-order valence-electron chi connectivity index (χ1n) is 6.41. The summed E-state index contributed by atoms with van der Waals surface area (Å²) in [6, 6.07) is 9.26. The Morgan fingerprint density at radius 1 is 1.25 bits per heavy atom. The van der Waals surface area contributed by atoms with Crippen molar-refractivity contribution in [3.05, 3.63) is 54.1 Å². The lowest BCUT2D eigenvalue weighted by molar-refractivity contribution is 0.102. The maximum Gasteiger partial charge on any atom is 0.274 e. The fourth-order valence-electron chi connectivity index (χ4n) is 1.71. The zero-order valence-electron chi connectivity index (χ0n) is 10.7. The number of hydrogen-bond donors (Lipinski definition) is 1. The highest BCUT2D eigenvalue weighted by Gasteiger charge is 2.23. The van der Waals surface area contributed by atoms with Crippen LogP contribution in [0.1, 0.15) is 23.3 Å². The summed E-state index contributed by atoms with van der Waals surface area (Å²) in [5.74, 6) is -0.280. The van der Waals surface area contributed by atoms with Crippen LogP contribution in [0.15, 0.2) is 42.6 Å². The van der Waals surface area contributed by atoms with E-state index in [2.05, 4.69) is 10.3 Å². The van der Waals surface area contributed by atoms with Gasteiger partial charge in [-0.3, -0.25) is 4.79 Å². The van der Waals surface area contributed by atoms with Crippen molar-refractivity contribution < 1.29 is 13.9 Å². The van der Waals surface area contributed by atoms with Crippen molar-refractivity contribution in [2.75, 3.05) is 5.32 Å². The van der Waals surface area contributed by atoms with Crippen molar-refractivity contribution >= 4 is 11.6 Å². The molecule has 1 fully saturated rings. The van der Waals surface area contributed by atoms with Crippen molar-refractivity contribution in [1.29, 1.82) is 0 Å². The van der Waals surface area contributed by atoms with Crippen LogP contribution in [-0.2, 0) is 0 Å². The van der Waals surface area contributed by atoms with Gasteiger partial charge in [0.1, 0.15) is 17.3 Å². The second-order valence-electron chi connectivity index (χ2n) is 4.63. The number of pyridine rings is 1. The normalized spacial score (nSPS) is 13.8. The van der Waals surface area contributed by atoms with Crippen molar-refractivity contribution in [2.24, 2.45) is 0 Å². The molecule has 1 aliphatic carbocycles. The number of carbonyl (C=O) groups is 1. The number of halogens is 1. The van der Waals surface area contributed by atoms with Gasteiger partial charge in [-0.15, -0.1) is 0 Å². The van der Waals surface area contributed by atoms with Gasteiger partial charge in [-0.25, -0.2) is 9.37 Å². The molecular formula is C15H13FN2O2. The summed E-state index contributed by atoms with van der Waals surface area (Å²) in [7, 11) is 0. The number of carbonyl (C=O) groups excluding carboxylic acids is 1. The third-order valence-corrected chi connectivity index (χ3v) is 2.92. The van der Waals surface area contributed by atoms with Crippen LogP contribution in [0.4, 0.5) is 10.1 Å². The molecule has 0 saturated heterocycles. The molecule has 1 aromatic heterocycles. The smallest absolute Gasteiger partial charge is 0.274 e. The summed E-state index contributed by atoms with van der Waals surface area (Å²) in [4.78, 5) is 16.0. The fourth-order valence-corrected chi connectivity index (χ4v) is 1.71. The molecule has 1 aliphatic rings. The molecule has 2 aromatic rings. The van der Waals surface area contributed by atoms with E-state index < -0.39 is 11.7 Å². The second-order valence-corrected chi connectivity index (χ2v) is 4.63. The monoisotopic (exact) mass is 272 g/mol. The van der Waals surface area contributed by atoms with E-state index in [0.29, 0.717) is 5.75 Å². The summed E-state index contributed by atoms with van der Waals surface area (Å²) >= 11 is 0. The number of nitrogens with one attached hydrogen (secondary N) is 1. The van der Waals surface area contributed by atoms with Crippen LogP contribution in [0.3, 0.4) is 0 Å². The van der Waals surface area contributed by atoms with Crippen LogP contribution in [0.25, 0.3) is 0 Å². The first-order valence-corrected chi connectivity index (χ1v) is 6.41. The van der Waals surface area contributed by atoms with Gasteiger partial charge in [0.05, 0.1) is 18.0 Å². The number of anilines is 1. The highest BCUT2D eigenvalue weighted by atomic mass is 19.1. The number of ether oxygens (including phenoxy) is 1. The van der Waals surface area contributed by atoms with Crippen molar-refractivity contribution in [3.63, 3.8) is 0 Å². The van der Waals surface area contributed by atoms with Crippen LogP contribution in [-0.4, -0.2) is 17.0 Å². The number of hydrogen-bond acceptors (Lipinski definition) is 3. The summed E-state index contributed by atoms with van der Waals surface area (Å²) in [6.07, 6.45) is 3.93. The number of amides is 1. The van der Waals surface area contributed by atoms with Gasteiger partial charge in [0, 0.05) is 0 Å². The third kappa shape index (κ3) is 2.93. The van der Waals surface area contributed by atoms with Crippen molar-refractivity contribution in [3.8, 4) is 5.75 Å². The minimum atomic E-state index is -0.477. The first-order chi connectivity index (χ1) is 9.72. The predicted octanol–water partition coefficient (Wildman–Crippen LogP) is 3.01. The lowest BCUT2D eigenvalue weighted by Crippen LogP contribution is -2.14. The Labute approximate surface area is 115 Å². The summed E-state index contributed by atoms with van der Waals surface area (Å²) < 4.78 is 19.0. The number of nitrogens with zero attached hydrogens (tertiary/aromatic N) is 1. The predicted molar refractivity (Wildman–Crippen MR) is 72.2 cm³/mol. The molecule has 0 atom stereocenters. The first kappa shape index (κ1) is 12.6. The Bertz CT molecular complexity index is 624. The molecule has 1 amide bonds. The maximum atomic E-state index is 13.4. The molecule has 5 heteroatoms. The van der Waals surface area contributed by atoms with Crippen molar-refractivity contribution in [2.45, 2.75) is 18.9 Å². The standard InChI is InChI=1S/C15H13FN2O2/c16-12-3-1-2-4-13(12)18-15(19)14-8-7-11(9-17-14)20-10-5-6-10/h1-4,7-10H,5-6H2,(H,18,19). The SMILES string of the molecule is O=C(Nc1ccccc1F)c1ccc(OC2CC2)cn1. The van der Waals surface area contributed by atoms with Gasteiger partial charge in [-0.1, -0.05) is 12.1 Å². The Morgan fingerprint density at radius 3 is 2.70 bits per heavy atom. The van der Waals surface area contributed by atoms with Gasteiger partial charge in [-0.05, 0) is 37.1 Å². The molecule has 1 aromatic carbocycles. The molecule has 0 radical (unpaired) electrons. The highest BCUT2D eigenvalue weighted by Crippen LogP contribution is 2.26. The van der Waals surface area contributed by atoms with Gasteiger partial charge in [0.25, 0.3) is 5.91 Å². The van der Waals surface area contributed by atoms with E-state index >= 15 is 0 Å². The molecule has 3 rings (SSSR count). The van der Waals surface area contributed by atoms with Crippen molar-refractivity contribution in [1.82, 2.24) is 4.98 Å². The van der Waals surface area contributed by atoms with E-state index in [0.717, 1.165) is 12.8 Å². The zero-order valence-corrected chi connectivity index (χ0v) is 10.7. The van der Waals surface area contributed by atoms with Gasteiger partial charge >= 0.3 is 0 Å². The number of para-hydroxylation sites is 1. The Morgan fingerprint density at radius 2 is 2.05 bits per heavy atom. The van der Waals surface area contributed by atoms with E-state index in [1.54, 1.807) is 24.3 Å².